The van der Waals surface area contributed by atoms with Crippen molar-refractivity contribution in [2.45, 2.75) is 71.6 Å². The van der Waals surface area contributed by atoms with Gasteiger partial charge in [-0.05, 0) is 31.6 Å². The summed E-state index contributed by atoms with van der Waals surface area (Å²) in [7, 11) is 0. The van der Waals surface area contributed by atoms with Crippen LogP contribution in [0.2, 0.25) is 0 Å². The molecule has 1 atom stereocenters. The molecule has 0 aromatic heterocycles. The minimum atomic E-state index is -1.19. The third kappa shape index (κ3) is 16.5. The van der Waals surface area contributed by atoms with Crippen LogP contribution < -0.4 is 0 Å². The molecule has 0 aromatic carbocycles. The van der Waals surface area contributed by atoms with Gasteiger partial charge >= 0.3 is 23.9 Å². The first-order chi connectivity index (χ1) is 12.1. The van der Waals surface area contributed by atoms with Crippen LogP contribution in [-0.2, 0) is 19.2 Å². The van der Waals surface area contributed by atoms with Gasteiger partial charge in [-0.25, -0.2) is 9.59 Å². The van der Waals surface area contributed by atoms with Crippen molar-refractivity contribution in [1.29, 1.82) is 0 Å². The Bertz CT molecular complexity index is 466. The van der Waals surface area contributed by atoms with Crippen LogP contribution in [0.5, 0.6) is 0 Å². The van der Waals surface area contributed by atoms with E-state index in [0.29, 0.717) is 19.3 Å². The second-order valence-electron chi connectivity index (χ2n) is 5.84. The summed E-state index contributed by atoms with van der Waals surface area (Å²) in [6, 6.07) is 0. The first kappa shape index (κ1) is 25.9. The van der Waals surface area contributed by atoms with Crippen LogP contribution in [0.3, 0.4) is 0 Å². The quantitative estimate of drug-likeness (QED) is 0.283. The minimum Gasteiger partial charge on any atom is -0.481 e. The first-order valence-corrected chi connectivity index (χ1v) is 8.76. The maximum Gasteiger partial charge on any atom is 0.332 e. The number of unbranched alkanes of at least 4 members (excludes halogenated alkanes) is 3. The largest absolute Gasteiger partial charge is 0.481 e. The van der Waals surface area contributed by atoms with E-state index in [1.807, 2.05) is 6.92 Å². The Morgan fingerprint density at radius 2 is 1.31 bits per heavy atom. The van der Waals surface area contributed by atoms with E-state index >= 15 is 0 Å². The maximum absolute atomic E-state index is 10.9. The van der Waals surface area contributed by atoms with Gasteiger partial charge < -0.3 is 20.4 Å². The van der Waals surface area contributed by atoms with Gasteiger partial charge in [0.25, 0.3) is 0 Å². The van der Waals surface area contributed by atoms with Crippen molar-refractivity contribution in [3.05, 3.63) is 11.6 Å². The molecule has 0 aliphatic carbocycles. The summed E-state index contributed by atoms with van der Waals surface area (Å²) < 4.78 is 0. The van der Waals surface area contributed by atoms with E-state index in [1.165, 1.54) is 0 Å². The number of hydrogen-bond donors (Lipinski definition) is 4. The van der Waals surface area contributed by atoms with E-state index in [-0.39, 0.29) is 24.3 Å². The van der Waals surface area contributed by atoms with Crippen molar-refractivity contribution >= 4 is 23.9 Å². The van der Waals surface area contributed by atoms with Crippen molar-refractivity contribution in [1.82, 2.24) is 0 Å². The summed E-state index contributed by atoms with van der Waals surface area (Å²) in [5.74, 6) is -4.20. The molecule has 26 heavy (non-hydrogen) atoms. The summed E-state index contributed by atoms with van der Waals surface area (Å²) in [5, 5.41) is 33.8. The molecule has 0 aromatic rings. The predicted molar refractivity (Wildman–Crippen MR) is 95.0 cm³/mol. The average molecular weight is 374 g/mol. The Hall–Kier alpha value is -2.38. The van der Waals surface area contributed by atoms with Gasteiger partial charge in [-0.1, -0.05) is 33.1 Å². The molecule has 0 radical (unpaired) electrons. The van der Waals surface area contributed by atoms with Crippen molar-refractivity contribution in [2.75, 3.05) is 0 Å². The fraction of sp³-hybridized carbons (Fsp3) is 0.667. The molecule has 8 nitrogen and oxygen atoms in total. The number of rotatable bonds is 13. The van der Waals surface area contributed by atoms with E-state index < -0.39 is 23.9 Å². The lowest BCUT2D eigenvalue weighted by atomic mass is 9.90. The van der Waals surface area contributed by atoms with Crippen molar-refractivity contribution in [3.63, 3.8) is 0 Å². The van der Waals surface area contributed by atoms with E-state index in [2.05, 4.69) is 6.92 Å². The van der Waals surface area contributed by atoms with Crippen LogP contribution in [0.4, 0.5) is 0 Å². The summed E-state index contributed by atoms with van der Waals surface area (Å²) >= 11 is 0. The van der Waals surface area contributed by atoms with Gasteiger partial charge in [0.2, 0.25) is 0 Å². The standard InChI is InChI=1S/C12H20O4.C6H10O4/c1-3-5-6-7-9(4-2)10(12(15)16)8-11(13)14;7-5(8)3-1-2-4-6(9)10/h8-9H,3-7H2,1-2H3,(H,13,14)(H,15,16);1-4H2,(H,7,8)(H,9,10)/b10-8-;. The summed E-state index contributed by atoms with van der Waals surface area (Å²) in [6.07, 6.45) is 6.31. The van der Waals surface area contributed by atoms with Gasteiger partial charge in [-0.3, -0.25) is 9.59 Å². The molecule has 0 fully saturated rings. The van der Waals surface area contributed by atoms with Crippen molar-refractivity contribution < 1.29 is 39.6 Å². The highest BCUT2D eigenvalue weighted by Gasteiger charge is 2.19. The zero-order chi connectivity index (χ0) is 20.5. The van der Waals surface area contributed by atoms with Gasteiger partial charge in [-0.2, -0.15) is 0 Å². The van der Waals surface area contributed by atoms with Gasteiger partial charge in [0.1, 0.15) is 0 Å². The third-order valence-electron chi connectivity index (χ3n) is 3.65. The van der Waals surface area contributed by atoms with Crippen LogP contribution >= 0.6 is 0 Å². The van der Waals surface area contributed by atoms with E-state index in [1.54, 1.807) is 0 Å². The molecule has 0 heterocycles. The van der Waals surface area contributed by atoms with Gasteiger partial charge in [0, 0.05) is 24.5 Å². The molecular formula is C18H30O8. The van der Waals surface area contributed by atoms with Crippen LogP contribution in [0.1, 0.15) is 71.6 Å². The number of carbonyl (C=O) groups is 4. The van der Waals surface area contributed by atoms with Crippen LogP contribution in [0.25, 0.3) is 0 Å². The number of carboxylic acid groups (broad SMARTS) is 4. The van der Waals surface area contributed by atoms with Crippen LogP contribution in [0.15, 0.2) is 11.6 Å². The number of hydrogen-bond acceptors (Lipinski definition) is 4. The molecule has 0 aliphatic heterocycles. The fourth-order valence-corrected chi connectivity index (χ4v) is 2.26. The van der Waals surface area contributed by atoms with Crippen LogP contribution in [0, 0.1) is 5.92 Å². The minimum absolute atomic E-state index is 0.0195. The fourth-order valence-electron chi connectivity index (χ4n) is 2.26. The Kier molecular flexibility index (Phi) is 16.0. The summed E-state index contributed by atoms with van der Waals surface area (Å²) in [5.41, 5.74) is 0.0195. The highest BCUT2D eigenvalue weighted by Crippen LogP contribution is 2.22. The topological polar surface area (TPSA) is 149 Å². The number of carboxylic acids is 4. The van der Waals surface area contributed by atoms with E-state index in [9.17, 15) is 19.2 Å². The molecule has 0 bridgehead atoms. The third-order valence-corrected chi connectivity index (χ3v) is 3.65. The molecule has 0 aliphatic rings. The summed E-state index contributed by atoms with van der Waals surface area (Å²) in [4.78, 5) is 41.3. The zero-order valence-electron chi connectivity index (χ0n) is 15.4. The molecule has 0 rings (SSSR count). The van der Waals surface area contributed by atoms with Gasteiger partial charge in [-0.15, -0.1) is 0 Å². The SMILES string of the molecule is CCCCCC(CC)/C(=C/C(=O)O)C(=O)O.O=C(O)CCCCC(=O)O. The van der Waals surface area contributed by atoms with Crippen LogP contribution in [-0.4, -0.2) is 44.3 Å². The lowest BCUT2D eigenvalue weighted by molar-refractivity contribution is -0.139. The Morgan fingerprint density at radius 3 is 1.62 bits per heavy atom. The van der Waals surface area contributed by atoms with Gasteiger partial charge in [0.15, 0.2) is 0 Å². The highest BCUT2D eigenvalue weighted by atomic mass is 16.4. The maximum atomic E-state index is 10.9. The molecule has 8 heteroatoms. The molecule has 150 valence electrons. The average Bonchev–Trinajstić information content (AvgIpc) is 2.54. The molecule has 1 unspecified atom stereocenters. The smallest absolute Gasteiger partial charge is 0.332 e. The van der Waals surface area contributed by atoms with E-state index in [4.69, 9.17) is 20.4 Å². The molecule has 0 saturated heterocycles. The number of aliphatic carboxylic acids is 4. The molecule has 4 N–H and O–H groups in total. The lowest BCUT2D eigenvalue weighted by Crippen LogP contribution is -2.14. The Labute approximate surface area is 153 Å². The van der Waals surface area contributed by atoms with Crippen molar-refractivity contribution in [2.24, 2.45) is 5.92 Å². The monoisotopic (exact) mass is 374 g/mol. The van der Waals surface area contributed by atoms with E-state index in [0.717, 1.165) is 31.8 Å². The molecular weight excluding hydrogens is 344 g/mol. The Morgan fingerprint density at radius 1 is 0.808 bits per heavy atom. The second-order valence-corrected chi connectivity index (χ2v) is 5.84. The zero-order valence-corrected chi connectivity index (χ0v) is 15.4. The van der Waals surface area contributed by atoms with Gasteiger partial charge in [0.05, 0.1) is 0 Å². The normalized spacial score (nSPS) is 11.8. The summed E-state index contributed by atoms with van der Waals surface area (Å²) in [6.45, 7) is 3.96. The van der Waals surface area contributed by atoms with Crippen molar-refractivity contribution in [3.8, 4) is 0 Å². The first-order valence-electron chi connectivity index (χ1n) is 8.76. The Balaban J connectivity index is 0. The second kappa shape index (κ2) is 16.1. The highest BCUT2D eigenvalue weighted by molar-refractivity contribution is 5.95. The predicted octanol–water partition coefficient (Wildman–Crippen LogP) is 3.40. The molecule has 0 saturated carbocycles. The lowest BCUT2D eigenvalue weighted by Gasteiger charge is -2.14. The molecule has 0 spiro atoms. The molecule has 0 amide bonds.